The van der Waals surface area contributed by atoms with Crippen molar-refractivity contribution in [1.82, 2.24) is 14.5 Å². The molecule has 1 saturated heterocycles. The van der Waals surface area contributed by atoms with Crippen molar-refractivity contribution in [1.29, 1.82) is 0 Å². The van der Waals surface area contributed by atoms with E-state index >= 15 is 0 Å². The molecule has 2 aromatic rings. The monoisotopic (exact) mass is 327 g/mol. The first kappa shape index (κ1) is 14.8. The molecule has 0 radical (unpaired) electrons. The highest BCUT2D eigenvalue weighted by Gasteiger charge is 2.32. The van der Waals surface area contributed by atoms with Gasteiger partial charge in [-0.3, -0.25) is 4.79 Å². The van der Waals surface area contributed by atoms with Gasteiger partial charge in [0.2, 0.25) is 0 Å². The molecule has 0 spiro atoms. The third-order valence-electron chi connectivity index (χ3n) is 5.00. The van der Waals surface area contributed by atoms with Crippen LogP contribution in [-0.2, 0) is 6.54 Å². The number of likely N-dealkylation sites (tertiary alicyclic amines) is 1. The lowest BCUT2D eigenvalue weighted by atomic mass is 9.81. The predicted molar refractivity (Wildman–Crippen MR) is 91.8 cm³/mol. The van der Waals surface area contributed by atoms with E-state index in [0.29, 0.717) is 11.8 Å². The molecule has 4 rings (SSSR count). The molecule has 0 saturated carbocycles. The van der Waals surface area contributed by atoms with Crippen molar-refractivity contribution in [2.75, 3.05) is 18.8 Å². The van der Waals surface area contributed by atoms with Gasteiger partial charge in [0.25, 0.3) is 5.91 Å². The first-order chi connectivity index (χ1) is 11.2. The third kappa shape index (κ3) is 2.67. The van der Waals surface area contributed by atoms with Gasteiger partial charge in [-0.25, -0.2) is 4.98 Å². The van der Waals surface area contributed by atoms with E-state index < -0.39 is 0 Å². The fraction of sp³-hybridized carbons (Fsp3) is 0.444. The van der Waals surface area contributed by atoms with Crippen LogP contribution < -0.4 is 0 Å². The van der Waals surface area contributed by atoms with Crippen molar-refractivity contribution in [2.45, 2.75) is 31.0 Å². The molecule has 2 atom stereocenters. The van der Waals surface area contributed by atoms with Crippen molar-refractivity contribution >= 4 is 17.7 Å². The normalized spacial score (nSPS) is 23.8. The lowest BCUT2D eigenvalue weighted by Gasteiger charge is -2.37. The van der Waals surface area contributed by atoms with Crippen molar-refractivity contribution in [3.05, 3.63) is 47.8 Å². The van der Waals surface area contributed by atoms with Gasteiger partial charge in [0, 0.05) is 25.4 Å². The summed E-state index contributed by atoms with van der Waals surface area (Å²) in [5.74, 6) is 2.19. The van der Waals surface area contributed by atoms with Crippen molar-refractivity contribution in [3.8, 4) is 0 Å². The van der Waals surface area contributed by atoms with Gasteiger partial charge < -0.3 is 9.47 Å². The molecule has 4 nitrogen and oxygen atoms in total. The zero-order valence-electron chi connectivity index (χ0n) is 13.3. The van der Waals surface area contributed by atoms with Crippen LogP contribution >= 0.6 is 11.8 Å². The second-order valence-corrected chi connectivity index (χ2v) is 7.52. The van der Waals surface area contributed by atoms with Crippen LogP contribution in [0.5, 0.6) is 0 Å². The zero-order valence-corrected chi connectivity index (χ0v) is 14.1. The minimum atomic E-state index is 0.143. The molecule has 2 aliphatic heterocycles. The summed E-state index contributed by atoms with van der Waals surface area (Å²) in [4.78, 5) is 19.2. The van der Waals surface area contributed by atoms with Gasteiger partial charge in [0.15, 0.2) is 5.16 Å². The number of amides is 1. The van der Waals surface area contributed by atoms with Crippen LogP contribution in [0.3, 0.4) is 0 Å². The second-order valence-electron chi connectivity index (χ2n) is 6.46. The molecule has 1 fully saturated rings. The van der Waals surface area contributed by atoms with Crippen LogP contribution in [0.15, 0.2) is 41.7 Å². The number of imidazole rings is 1. The zero-order chi connectivity index (χ0) is 15.8. The maximum atomic E-state index is 12.9. The summed E-state index contributed by atoms with van der Waals surface area (Å²) >= 11 is 1.73. The van der Waals surface area contributed by atoms with Gasteiger partial charge in [0.05, 0.1) is 6.20 Å². The van der Waals surface area contributed by atoms with Gasteiger partial charge in [-0.15, -0.1) is 0 Å². The molecular formula is C18H21N3OS. The molecule has 5 heteroatoms. The molecule has 1 amide bonds. The van der Waals surface area contributed by atoms with Crippen LogP contribution in [0.1, 0.15) is 35.3 Å². The Morgan fingerprint density at radius 1 is 1.26 bits per heavy atom. The Morgan fingerprint density at radius 2 is 2.09 bits per heavy atom. The van der Waals surface area contributed by atoms with Crippen LogP contribution in [0.4, 0.5) is 0 Å². The first-order valence-corrected chi connectivity index (χ1v) is 9.25. The fourth-order valence-corrected chi connectivity index (χ4v) is 4.71. The quantitative estimate of drug-likeness (QED) is 0.850. The Morgan fingerprint density at radius 3 is 2.87 bits per heavy atom. The number of nitrogens with zero attached hydrogens (tertiary/aromatic N) is 3. The Bertz CT molecular complexity index is 712. The van der Waals surface area contributed by atoms with Gasteiger partial charge in [-0.1, -0.05) is 49.0 Å². The van der Waals surface area contributed by atoms with Gasteiger partial charge in [0.1, 0.15) is 5.69 Å². The lowest BCUT2D eigenvalue weighted by molar-refractivity contribution is 0.0649. The number of hydrogen-bond donors (Lipinski definition) is 0. The molecule has 23 heavy (non-hydrogen) atoms. The molecule has 0 N–H and O–H groups in total. The van der Waals surface area contributed by atoms with E-state index in [-0.39, 0.29) is 5.91 Å². The average Bonchev–Trinajstić information content (AvgIpc) is 3.18. The summed E-state index contributed by atoms with van der Waals surface area (Å²) in [6, 6.07) is 10.7. The Balaban J connectivity index is 1.49. The number of fused-ring (bicyclic) bond motifs is 1. The van der Waals surface area contributed by atoms with E-state index in [9.17, 15) is 4.79 Å². The largest absolute Gasteiger partial charge is 0.337 e. The number of carbonyl (C=O) groups excluding carboxylic acids is 1. The van der Waals surface area contributed by atoms with E-state index in [0.717, 1.165) is 42.7 Å². The molecule has 2 unspecified atom stereocenters. The predicted octanol–water partition coefficient (Wildman–Crippen LogP) is 3.25. The number of hydrogen-bond acceptors (Lipinski definition) is 3. The van der Waals surface area contributed by atoms with Crippen molar-refractivity contribution < 1.29 is 4.79 Å². The average molecular weight is 327 g/mol. The summed E-state index contributed by atoms with van der Waals surface area (Å²) in [5.41, 5.74) is 2.16. The number of benzene rings is 1. The van der Waals surface area contributed by atoms with Crippen LogP contribution in [0.2, 0.25) is 0 Å². The highest BCUT2D eigenvalue weighted by Crippen LogP contribution is 2.33. The van der Waals surface area contributed by atoms with Crippen molar-refractivity contribution in [2.24, 2.45) is 5.92 Å². The molecule has 2 aliphatic rings. The summed E-state index contributed by atoms with van der Waals surface area (Å²) in [6.07, 6.45) is 2.78. The van der Waals surface area contributed by atoms with Crippen LogP contribution in [0, 0.1) is 5.92 Å². The van der Waals surface area contributed by atoms with Gasteiger partial charge >= 0.3 is 0 Å². The number of rotatable bonds is 2. The number of carbonyl (C=O) groups is 1. The lowest BCUT2D eigenvalue weighted by Crippen LogP contribution is -2.42. The summed E-state index contributed by atoms with van der Waals surface area (Å²) in [5, 5.41) is 0.987. The molecule has 0 aliphatic carbocycles. The summed E-state index contributed by atoms with van der Waals surface area (Å²) < 4.78 is 2.07. The molecule has 3 heterocycles. The SMILES string of the molecule is CC1CN(C(=O)c2cnc3n2CCS3)CCC1c1ccccc1. The van der Waals surface area contributed by atoms with Gasteiger partial charge in [-0.2, -0.15) is 0 Å². The summed E-state index contributed by atoms with van der Waals surface area (Å²) in [7, 11) is 0. The highest BCUT2D eigenvalue weighted by atomic mass is 32.2. The minimum absolute atomic E-state index is 0.143. The molecule has 1 aromatic heterocycles. The molecule has 1 aromatic carbocycles. The number of piperidine rings is 1. The topological polar surface area (TPSA) is 38.1 Å². The number of aromatic nitrogens is 2. The Labute approximate surface area is 140 Å². The molecule has 0 bridgehead atoms. The maximum Gasteiger partial charge on any atom is 0.272 e. The van der Waals surface area contributed by atoms with E-state index in [4.69, 9.17) is 0 Å². The fourth-order valence-electron chi connectivity index (χ4n) is 3.78. The first-order valence-electron chi connectivity index (χ1n) is 8.26. The Hall–Kier alpha value is -1.75. The second kappa shape index (κ2) is 6.04. The molecular weight excluding hydrogens is 306 g/mol. The van der Waals surface area contributed by atoms with E-state index in [1.54, 1.807) is 18.0 Å². The van der Waals surface area contributed by atoms with Crippen LogP contribution in [0.25, 0.3) is 0 Å². The Kier molecular flexibility index (Phi) is 3.89. The highest BCUT2D eigenvalue weighted by molar-refractivity contribution is 7.99. The van der Waals surface area contributed by atoms with E-state index in [1.807, 2.05) is 4.90 Å². The molecule has 120 valence electrons. The minimum Gasteiger partial charge on any atom is -0.337 e. The standard InChI is InChI=1S/C18H21N3OS/c1-13-12-20(8-7-15(13)14-5-3-2-4-6-14)17(22)16-11-19-18-21(16)9-10-23-18/h2-6,11,13,15H,7-10,12H2,1H3. The van der Waals surface area contributed by atoms with Gasteiger partial charge in [-0.05, 0) is 23.8 Å². The smallest absolute Gasteiger partial charge is 0.272 e. The third-order valence-corrected chi connectivity index (χ3v) is 5.98. The van der Waals surface area contributed by atoms with E-state index in [1.165, 1.54) is 5.56 Å². The van der Waals surface area contributed by atoms with Crippen LogP contribution in [-0.4, -0.2) is 39.2 Å². The number of thioether (sulfide) groups is 1. The maximum absolute atomic E-state index is 12.9. The van der Waals surface area contributed by atoms with E-state index in [2.05, 4.69) is 46.8 Å². The summed E-state index contributed by atoms with van der Waals surface area (Å²) in [6.45, 7) is 4.81. The van der Waals surface area contributed by atoms with Crippen molar-refractivity contribution in [3.63, 3.8) is 0 Å².